The third-order valence-corrected chi connectivity index (χ3v) is 4.45. The third kappa shape index (κ3) is 3.29. The summed E-state index contributed by atoms with van der Waals surface area (Å²) in [6, 6.07) is 5.67. The fourth-order valence-electron chi connectivity index (χ4n) is 2.87. The molecule has 4 heteroatoms. The van der Waals surface area contributed by atoms with Crippen LogP contribution in [0.15, 0.2) is 27.1 Å². The minimum Gasteiger partial charge on any atom is -0.369 e. The summed E-state index contributed by atoms with van der Waals surface area (Å²) >= 11 is 6.85. The van der Waals surface area contributed by atoms with Gasteiger partial charge in [-0.15, -0.1) is 0 Å². The predicted molar refractivity (Wildman–Crippen MR) is 83.5 cm³/mol. The first kappa shape index (κ1) is 15.2. The highest BCUT2D eigenvalue weighted by molar-refractivity contribution is 9.11. The Bertz CT molecular complexity index is 501. The second-order valence-electron chi connectivity index (χ2n) is 6.24. The van der Waals surface area contributed by atoms with Gasteiger partial charge >= 0.3 is 0 Å². The van der Waals surface area contributed by atoms with Crippen molar-refractivity contribution in [3.8, 4) is 0 Å². The summed E-state index contributed by atoms with van der Waals surface area (Å²) in [7, 11) is 0. The van der Waals surface area contributed by atoms with E-state index in [9.17, 15) is 4.79 Å². The third-order valence-electron chi connectivity index (χ3n) is 3.54. The highest BCUT2D eigenvalue weighted by atomic mass is 79.9. The molecule has 0 bridgehead atoms. The summed E-state index contributed by atoms with van der Waals surface area (Å²) in [6.45, 7) is 8.08. The van der Waals surface area contributed by atoms with Crippen LogP contribution < -0.4 is 0 Å². The van der Waals surface area contributed by atoms with Gasteiger partial charge in [0.2, 0.25) is 0 Å². The fraction of sp³-hybridized carbons (Fsp3) is 0.533. The lowest BCUT2D eigenvalue weighted by Gasteiger charge is -2.26. The molecule has 0 spiro atoms. The molecule has 0 saturated carbocycles. The number of carbonyl (C=O) groups excluding carboxylic acids is 1. The maximum atomic E-state index is 12.7. The van der Waals surface area contributed by atoms with Crippen molar-refractivity contribution in [2.45, 2.75) is 45.3 Å². The topological polar surface area (TPSA) is 26.3 Å². The molecule has 1 fully saturated rings. The summed E-state index contributed by atoms with van der Waals surface area (Å²) < 4.78 is 7.82. The molecule has 1 aromatic rings. The molecule has 2 nitrogen and oxygen atoms in total. The Labute approximate surface area is 131 Å². The molecule has 0 aromatic heterocycles. The van der Waals surface area contributed by atoms with E-state index in [1.165, 1.54) is 0 Å². The Hall–Kier alpha value is -0.190. The number of Topliss-reactive ketones (excluding diaryl/α,β-unsaturated/α-hetero) is 1. The fourth-order valence-corrected chi connectivity index (χ4v) is 4.16. The van der Waals surface area contributed by atoms with Crippen LogP contribution in [0.3, 0.4) is 0 Å². The lowest BCUT2D eigenvalue weighted by Crippen LogP contribution is -2.33. The Kier molecular flexibility index (Phi) is 3.98. The Morgan fingerprint density at radius 1 is 1.16 bits per heavy atom. The van der Waals surface area contributed by atoms with E-state index in [-0.39, 0.29) is 17.3 Å². The minimum atomic E-state index is -0.421. The molecular formula is C15H18Br2O2. The lowest BCUT2D eigenvalue weighted by atomic mass is 9.82. The Morgan fingerprint density at radius 3 is 2.11 bits per heavy atom. The molecule has 19 heavy (non-hydrogen) atoms. The van der Waals surface area contributed by atoms with E-state index in [0.717, 1.165) is 20.9 Å². The summed E-state index contributed by atoms with van der Waals surface area (Å²) in [4.78, 5) is 12.7. The number of hydrogen-bond donors (Lipinski definition) is 0. The number of rotatable bonds is 2. The second-order valence-corrected chi connectivity index (χ2v) is 8.08. The van der Waals surface area contributed by atoms with E-state index in [1.807, 2.05) is 45.9 Å². The van der Waals surface area contributed by atoms with Crippen LogP contribution in [0.2, 0.25) is 0 Å². The van der Waals surface area contributed by atoms with Crippen molar-refractivity contribution in [1.29, 1.82) is 0 Å². The zero-order valence-corrected chi connectivity index (χ0v) is 14.8. The molecule has 104 valence electrons. The molecule has 0 N–H and O–H groups in total. The quantitative estimate of drug-likeness (QED) is 0.666. The van der Waals surface area contributed by atoms with E-state index in [1.54, 1.807) is 0 Å². The SMILES string of the molecule is CC1(C)CC(C(=O)c2cc(Br)cc(Br)c2)C(C)(C)O1. The van der Waals surface area contributed by atoms with Gasteiger partial charge in [-0.1, -0.05) is 31.9 Å². The first-order chi connectivity index (χ1) is 8.61. The molecular weight excluding hydrogens is 372 g/mol. The largest absolute Gasteiger partial charge is 0.369 e. The number of ketones is 1. The Morgan fingerprint density at radius 2 is 1.68 bits per heavy atom. The van der Waals surface area contributed by atoms with Gasteiger partial charge in [0.1, 0.15) is 0 Å². The number of carbonyl (C=O) groups is 1. The summed E-state index contributed by atoms with van der Waals surface area (Å²) in [5.41, 5.74) is 0.0586. The normalized spacial score (nSPS) is 24.4. The van der Waals surface area contributed by atoms with E-state index < -0.39 is 5.60 Å². The van der Waals surface area contributed by atoms with Crippen LogP contribution in [0.25, 0.3) is 0 Å². The maximum absolute atomic E-state index is 12.7. The van der Waals surface area contributed by atoms with Crippen LogP contribution in [0.5, 0.6) is 0 Å². The monoisotopic (exact) mass is 388 g/mol. The highest BCUT2D eigenvalue weighted by Gasteiger charge is 2.49. The highest BCUT2D eigenvalue weighted by Crippen LogP contribution is 2.43. The molecule has 0 aliphatic carbocycles. The number of benzene rings is 1. The van der Waals surface area contributed by atoms with Gasteiger partial charge in [-0.25, -0.2) is 0 Å². The first-order valence-corrected chi connectivity index (χ1v) is 7.90. The van der Waals surface area contributed by atoms with Crippen LogP contribution in [0.4, 0.5) is 0 Å². The molecule has 0 radical (unpaired) electrons. The molecule has 2 rings (SSSR count). The molecule has 1 unspecified atom stereocenters. The van der Waals surface area contributed by atoms with Crippen LogP contribution in [-0.4, -0.2) is 17.0 Å². The van der Waals surface area contributed by atoms with Crippen molar-refractivity contribution >= 4 is 37.6 Å². The number of ether oxygens (including phenoxy) is 1. The smallest absolute Gasteiger partial charge is 0.168 e. The average molecular weight is 390 g/mol. The average Bonchev–Trinajstić information content (AvgIpc) is 2.44. The van der Waals surface area contributed by atoms with Crippen molar-refractivity contribution in [3.05, 3.63) is 32.7 Å². The number of halogens is 2. The van der Waals surface area contributed by atoms with Crippen molar-refractivity contribution < 1.29 is 9.53 Å². The molecule has 1 heterocycles. The van der Waals surface area contributed by atoms with Gasteiger partial charge in [0.15, 0.2) is 5.78 Å². The lowest BCUT2D eigenvalue weighted by molar-refractivity contribution is -0.0712. The number of hydrogen-bond acceptors (Lipinski definition) is 2. The second kappa shape index (κ2) is 4.97. The van der Waals surface area contributed by atoms with Crippen molar-refractivity contribution in [1.82, 2.24) is 0 Å². The van der Waals surface area contributed by atoms with Crippen LogP contribution in [0, 0.1) is 5.92 Å². The summed E-state index contributed by atoms with van der Waals surface area (Å²) in [5, 5.41) is 0. The van der Waals surface area contributed by atoms with Crippen molar-refractivity contribution in [2.24, 2.45) is 5.92 Å². The van der Waals surface area contributed by atoms with Crippen LogP contribution >= 0.6 is 31.9 Å². The van der Waals surface area contributed by atoms with Crippen molar-refractivity contribution in [2.75, 3.05) is 0 Å². The minimum absolute atomic E-state index is 0.108. The van der Waals surface area contributed by atoms with E-state index in [0.29, 0.717) is 0 Å². The van der Waals surface area contributed by atoms with Gasteiger partial charge in [-0.05, 0) is 52.3 Å². The van der Waals surface area contributed by atoms with Gasteiger partial charge in [0.25, 0.3) is 0 Å². The molecule has 1 aromatic carbocycles. The van der Waals surface area contributed by atoms with Gasteiger partial charge in [0, 0.05) is 14.5 Å². The predicted octanol–water partition coefficient (Wildman–Crippen LogP) is 4.99. The van der Waals surface area contributed by atoms with Gasteiger partial charge in [0.05, 0.1) is 17.1 Å². The van der Waals surface area contributed by atoms with Crippen molar-refractivity contribution in [3.63, 3.8) is 0 Å². The standard InChI is InChI=1S/C15H18Br2O2/c1-14(2)8-12(15(3,4)19-14)13(18)9-5-10(16)7-11(17)6-9/h5-7,12H,8H2,1-4H3. The maximum Gasteiger partial charge on any atom is 0.168 e. The molecule has 1 aliphatic rings. The van der Waals surface area contributed by atoms with Gasteiger partial charge < -0.3 is 4.74 Å². The van der Waals surface area contributed by atoms with E-state index >= 15 is 0 Å². The molecule has 1 atom stereocenters. The molecule has 1 saturated heterocycles. The van der Waals surface area contributed by atoms with Crippen LogP contribution in [0.1, 0.15) is 44.5 Å². The summed E-state index contributed by atoms with van der Waals surface area (Å²) in [6.07, 6.45) is 0.753. The van der Waals surface area contributed by atoms with E-state index in [2.05, 4.69) is 31.9 Å². The Balaban J connectivity index is 2.34. The zero-order valence-electron chi connectivity index (χ0n) is 11.6. The first-order valence-electron chi connectivity index (χ1n) is 6.31. The molecule has 1 aliphatic heterocycles. The van der Waals surface area contributed by atoms with Gasteiger partial charge in [-0.3, -0.25) is 4.79 Å². The van der Waals surface area contributed by atoms with Gasteiger partial charge in [-0.2, -0.15) is 0 Å². The van der Waals surface area contributed by atoms with E-state index in [4.69, 9.17) is 4.74 Å². The zero-order chi connectivity index (χ0) is 14.4. The molecule has 0 amide bonds. The van der Waals surface area contributed by atoms with Crippen LogP contribution in [-0.2, 0) is 4.74 Å². The summed E-state index contributed by atoms with van der Waals surface area (Å²) in [5.74, 6) is 0.0428.